The zero-order valence-electron chi connectivity index (χ0n) is 19.6. The van der Waals surface area contributed by atoms with Gasteiger partial charge in [0.25, 0.3) is 0 Å². The van der Waals surface area contributed by atoms with Crippen LogP contribution in [0.1, 0.15) is 71.6 Å². The molecule has 0 aromatic rings. The molecule has 3 nitrogen and oxygen atoms in total. The van der Waals surface area contributed by atoms with E-state index < -0.39 is 5.97 Å². The Bertz CT molecular complexity index is 618. The van der Waals surface area contributed by atoms with Crippen LogP contribution < -0.4 is 0 Å². The summed E-state index contributed by atoms with van der Waals surface area (Å²) in [6.07, 6.45) is 35.7. The van der Waals surface area contributed by atoms with Crippen LogP contribution in [0.4, 0.5) is 0 Å². The maximum atomic E-state index is 11.1. The maximum absolute atomic E-state index is 11.1. The average Bonchev–Trinajstić information content (AvgIpc) is 2.76. The molecule has 3 heteroatoms. The number of unbranched alkanes of at least 4 members (excludes halogenated alkanes) is 8. The van der Waals surface area contributed by atoms with Crippen molar-refractivity contribution in [3.63, 3.8) is 0 Å². The molecule has 31 heavy (non-hydrogen) atoms. The molecule has 0 unspecified atom stereocenters. The van der Waals surface area contributed by atoms with E-state index in [2.05, 4.69) is 31.7 Å². The third-order valence-corrected chi connectivity index (χ3v) is 4.32. The molecule has 0 rings (SSSR count). The zero-order valence-corrected chi connectivity index (χ0v) is 19.6. The Kier molecular flexibility index (Phi) is 21.8. The van der Waals surface area contributed by atoms with Gasteiger partial charge in [0.05, 0.1) is 6.26 Å². The Morgan fingerprint density at radius 2 is 1.23 bits per heavy atom. The fourth-order valence-electron chi connectivity index (χ4n) is 2.56. The van der Waals surface area contributed by atoms with Crippen molar-refractivity contribution in [2.75, 3.05) is 13.2 Å². The summed E-state index contributed by atoms with van der Waals surface area (Å²) in [5.74, 6) is -0.393. The topological polar surface area (TPSA) is 35.5 Å². The predicted octanol–water partition coefficient (Wildman–Crippen LogP) is 7.95. The maximum Gasteiger partial charge on any atom is 0.333 e. The van der Waals surface area contributed by atoms with Gasteiger partial charge in [0, 0.05) is 5.57 Å². The lowest BCUT2D eigenvalue weighted by Crippen LogP contribution is -2.09. The highest BCUT2D eigenvalue weighted by molar-refractivity contribution is 5.86. The Labute approximate surface area is 190 Å². The number of rotatable bonds is 19. The van der Waals surface area contributed by atoms with Crippen LogP contribution in [-0.4, -0.2) is 19.2 Å². The molecule has 0 N–H and O–H groups in total. The minimum absolute atomic E-state index is 0.215. The standard InChI is InChI=1S/C28H42O3/c1-4-5-6-7-8-9-10-11-12-13-14-15-16-17-18-19-20-21-22-23-24-30-25-26-31-28(29)27(2)3/h13-24H,2,4-12,25-26H2,1,3H3. The molecule has 0 bridgehead atoms. The second kappa shape index (κ2) is 23.7. The predicted molar refractivity (Wildman–Crippen MR) is 134 cm³/mol. The van der Waals surface area contributed by atoms with Gasteiger partial charge in [-0.25, -0.2) is 4.79 Å². The molecular weight excluding hydrogens is 384 g/mol. The van der Waals surface area contributed by atoms with Gasteiger partial charge in [-0.05, 0) is 25.8 Å². The average molecular weight is 427 g/mol. The first-order valence-electron chi connectivity index (χ1n) is 11.6. The van der Waals surface area contributed by atoms with Crippen molar-refractivity contribution in [3.8, 4) is 0 Å². The van der Waals surface area contributed by atoms with Crippen LogP contribution in [-0.2, 0) is 14.3 Å². The highest BCUT2D eigenvalue weighted by Gasteiger charge is 2.01. The van der Waals surface area contributed by atoms with Crippen LogP contribution >= 0.6 is 0 Å². The molecule has 0 aliphatic carbocycles. The van der Waals surface area contributed by atoms with Gasteiger partial charge in [-0.3, -0.25) is 0 Å². The van der Waals surface area contributed by atoms with Gasteiger partial charge < -0.3 is 9.47 Å². The lowest BCUT2D eigenvalue weighted by molar-refractivity contribution is -0.139. The summed E-state index contributed by atoms with van der Waals surface area (Å²) in [5, 5.41) is 0. The van der Waals surface area contributed by atoms with Crippen molar-refractivity contribution in [1.82, 2.24) is 0 Å². The molecule has 0 heterocycles. The van der Waals surface area contributed by atoms with Gasteiger partial charge in [-0.2, -0.15) is 0 Å². The fourth-order valence-corrected chi connectivity index (χ4v) is 2.56. The van der Waals surface area contributed by atoms with E-state index in [4.69, 9.17) is 9.47 Å². The number of ether oxygens (including phenoxy) is 2. The first kappa shape index (κ1) is 28.5. The van der Waals surface area contributed by atoms with Gasteiger partial charge in [0.15, 0.2) is 0 Å². The minimum Gasteiger partial charge on any atom is -0.498 e. The molecule has 0 radical (unpaired) electrons. The van der Waals surface area contributed by atoms with Gasteiger partial charge in [0.1, 0.15) is 13.2 Å². The van der Waals surface area contributed by atoms with Crippen molar-refractivity contribution >= 4 is 5.97 Å². The number of allylic oxidation sites excluding steroid dienone is 11. The highest BCUT2D eigenvalue weighted by atomic mass is 16.6. The largest absolute Gasteiger partial charge is 0.498 e. The summed E-state index contributed by atoms with van der Waals surface area (Å²) in [6, 6.07) is 0. The summed E-state index contributed by atoms with van der Waals surface area (Å²) >= 11 is 0. The summed E-state index contributed by atoms with van der Waals surface area (Å²) in [7, 11) is 0. The molecule has 172 valence electrons. The van der Waals surface area contributed by atoms with Crippen molar-refractivity contribution in [2.45, 2.75) is 71.6 Å². The van der Waals surface area contributed by atoms with Crippen LogP contribution in [0.5, 0.6) is 0 Å². The number of carbonyl (C=O) groups excluding carboxylic acids is 1. The molecule has 0 fully saturated rings. The Hall–Kier alpha value is -2.55. The van der Waals surface area contributed by atoms with E-state index in [1.54, 1.807) is 19.3 Å². The molecule has 0 aromatic heterocycles. The molecule has 0 aliphatic heterocycles. The highest BCUT2D eigenvalue weighted by Crippen LogP contribution is 2.09. The molecule has 0 aliphatic rings. The Balaban J connectivity index is 3.59. The smallest absolute Gasteiger partial charge is 0.333 e. The zero-order chi connectivity index (χ0) is 22.8. The van der Waals surface area contributed by atoms with Crippen LogP contribution in [0.2, 0.25) is 0 Å². The first-order valence-corrected chi connectivity index (χ1v) is 11.6. The number of hydrogen-bond donors (Lipinski definition) is 0. The van der Waals surface area contributed by atoms with E-state index >= 15 is 0 Å². The lowest BCUT2D eigenvalue weighted by atomic mass is 10.1. The Morgan fingerprint density at radius 3 is 1.81 bits per heavy atom. The third-order valence-electron chi connectivity index (χ3n) is 4.32. The van der Waals surface area contributed by atoms with Crippen LogP contribution in [0.15, 0.2) is 85.3 Å². The van der Waals surface area contributed by atoms with Gasteiger partial charge in [0.2, 0.25) is 0 Å². The van der Waals surface area contributed by atoms with Crippen molar-refractivity contribution < 1.29 is 14.3 Å². The van der Waals surface area contributed by atoms with Crippen LogP contribution in [0.3, 0.4) is 0 Å². The van der Waals surface area contributed by atoms with Gasteiger partial charge in [-0.1, -0.05) is 119 Å². The van der Waals surface area contributed by atoms with E-state index in [1.165, 1.54) is 57.8 Å². The Morgan fingerprint density at radius 1 is 0.710 bits per heavy atom. The van der Waals surface area contributed by atoms with Crippen molar-refractivity contribution in [3.05, 3.63) is 85.3 Å². The second-order valence-corrected chi connectivity index (χ2v) is 7.35. The first-order chi connectivity index (χ1) is 15.2. The van der Waals surface area contributed by atoms with E-state index in [0.717, 1.165) is 0 Å². The fraction of sp³-hybridized carbons (Fsp3) is 0.464. The molecule has 0 amide bonds. The van der Waals surface area contributed by atoms with E-state index in [9.17, 15) is 4.79 Å². The monoisotopic (exact) mass is 426 g/mol. The van der Waals surface area contributed by atoms with Crippen LogP contribution in [0, 0.1) is 0 Å². The van der Waals surface area contributed by atoms with Gasteiger partial charge in [-0.15, -0.1) is 0 Å². The molecule has 0 atom stereocenters. The summed E-state index contributed by atoms with van der Waals surface area (Å²) < 4.78 is 10.1. The molecule has 0 saturated carbocycles. The van der Waals surface area contributed by atoms with E-state index in [1.807, 2.05) is 42.5 Å². The van der Waals surface area contributed by atoms with Crippen molar-refractivity contribution in [1.29, 1.82) is 0 Å². The SMILES string of the molecule is C=C(C)C(=O)OCCOC=CC=CC=CC=CC=CC=CCCCCCCCCCC. The second-order valence-electron chi connectivity index (χ2n) is 7.35. The van der Waals surface area contributed by atoms with E-state index in [0.29, 0.717) is 12.2 Å². The third kappa shape index (κ3) is 23.6. The van der Waals surface area contributed by atoms with Crippen molar-refractivity contribution in [2.24, 2.45) is 0 Å². The normalized spacial score (nSPS) is 12.5. The van der Waals surface area contributed by atoms with Gasteiger partial charge >= 0.3 is 5.97 Å². The minimum atomic E-state index is -0.393. The summed E-state index contributed by atoms with van der Waals surface area (Å²) in [4.78, 5) is 11.1. The van der Waals surface area contributed by atoms with E-state index in [-0.39, 0.29) is 6.61 Å². The molecule has 0 saturated heterocycles. The number of hydrogen-bond acceptors (Lipinski definition) is 3. The molecule has 0 spiro atoms. The quantitative estimate of drug-likeness (QED) is 0.0691. The molecule has 0 aromatic carbocycles. The number of esters is 1. The summed E-state index contributed by atoms with van der Waals surface area (Å²) in [6.45, 7) is 7.93. The van der Waals surface area contributed by atoms with Crippen LogP contribution in [0.25, 0.3) is 0 Å². The molecular formula is C28H42O3. The number of carbonyl (C=O) groups is 1. The summed E-state index contributed by atoms with van der Waals surface area (Å²) in [5.41, 5.74) is 0.389. The lowest BCUT2D eigenvalue weighted by Gasteiger charge is -2.03.